The summed E-state index contributed by atoms with van der Waals surface area (Å²) in [5.74, 6) is 1.44. The van der Waals surface area contributed by atoms with Gasteiger partial charge in [-0.15, -0.1) is 0 Å². The molecule has 29 heavy (non-hydrogen) atoms. The molecule has 0 aliphatic carbocycles. The summed E-state index contributed by atoms with van der Waals surface area (Å²) in [7, 11) is 0. The number of nitrogens with zero attached hydrogens (tertiary/aromatic N) is 3. The molecular formula is C23H25N3O3. The summed E-state index contributed by atoms with van der Waals surface area (Å²) in [6.07, 6.45) is 0. The average molecular weight is 391 g/mol. The molecule has 0 spiro atoms. The lowest BCUT2D eigenvalue weighted by Crippen LogP contribution is -2.31. The third-order valence-corrected chi connectivity index (χ3v) is 5.18. The van der Waals surface area contributed by atoms with Crippen molar-refractivity contribution in [3.63, 3.8) is 0 Å². The molecule has 1 amide bonds. The third-order valence-electron chi connectivity index (χ3n) is 5.18. The van der Waals surface area contributed by atoms with E-state index in [0.29, 0.717) is 31.9 Å². The molecule has 6 nitrogen and oxygen atoms in total. The molecular weight excluding hydrogens is 366 g/mol. The van der Waals surface area contributed by atoms with Crippen molar-refractivity contribution in [2.75, 3.05) is 19.8 Å². The van der Waals surface area contributed by atoms with Crippen LogP contribution in [-0.4, -0.2) is 40.3 Å². The molecule has 1 aromatic heterocycles. The minimum absolute atomic E-state index is 0.0287. The highest BCUT2D eigenvalue weighted by atomic mass is 16.6. The fraction of sp³-hybridized carbons (Fsp3) is 0.304. The minimum Gasteiger partial charge on any atom is -0.486 e. The van der Waals surface area contributed by atoms with Crippen molar-refractivity contribution in [3.8, 4) is 17.2 Å². The zero-order valence-corrected chi connectivity index (χ0v) is 17.0. The van der Waals surface area contributed by atoms with Crippen LogP contribution in [0, 0.1) is 13.8 Å². The van der Waals surface area contributed by atoms with Crippen LogP contribution in [0.5, 0.6) is 11.5 Å². The second-order valence-corrected chi connectivity index (χ2v) is 7.05. The van der Waals surface area contributed by atoms with Gasteiger partial charge in [-0.05, 0) is 39.0 Å². The van der Waals surface area contributed by atoms with Crippen LogP contribution in [0.1, 0.15) is 34.2 Å². The molecule has 0 radical (unpaired) electrons. The standard InChI is InChI=1S/C23H25N3O3/c1-4-25(15-18-9-8-12-20-22(18)29-14-13-28-20)23(27)21-16(2)24-26(17(21)3)19-10-6-5-7-11-19/h5-12H,4,13-15H2,1-3H3. The second-order valence-electron chi connectivity index (χ2n) is 7.05. The van der Waals surface area contributed by atoms with Crippen molar-refractivity contribution in [3.05, 3.63) is 71.0 Å². The van der Waals surface area contributed by atoms with E-state index in [0.717, 1.165) is 34.1 Å². The van der Waals surface area contributed by atoms with Crippen LogP contribution in [0.25, 0.3) is 5.69 Å². The van der Waals surface area contributed by atoms with E-state index in [-0.39, 0.29) is 5.91 Å². The van der Waals surface area contributed by atoms with Gasteiger partial charge >= 0.3 is 0 Å². The summed E-state index contributed by atoms with van der Waals surface area (Å²) in [6, 6.07) is 15.7. The SMILES string of the molecule is CCN(Cc1cccc2c1OCCO2)C(=O)c1c(C)nn(-c2ccccc2)c1C. The summed E-state index contributed by atoms with van der Waals surface area (Å²) >= 11 is 0. The molecule has 1 aliphatic heterocycles. The first-order chi connectivity index (χ1) is 14.1. The smallest absolute Gasteiger partial charge is 0.257 e. The molecule has 2 heterocycles. The van der Waals surface area contributed by atoms with Crippen LogP contribution >= 0.6 is 0 Å². The first-order valence-electron chi connectivity index (χ1n) is 9.88. The highest BCUT2D eigenvalue weighted by molar-refractivity contribution is 5.96. The Labute approximate surface area is 170 Å². The van der Waals surface area contributed by atoms with Crippen LogP contribution in [0.4, 0.5) is 0 Å². The first kappa shape index (κ1) is 19.1. The Morgan fingerprint density at radius 1 is 1.07 bits per heavy atom. The van der Waals surface area contributed by atoms with Gasteiger partial charge in [0.15, 0.2) is 11.5 Å². The predicted octanol–water partition coefficient (Wildman–Crippen LogP) is 3.92. The van der Waals surface area contributed by atoms with E-state index in [4.69, 9.17) is 9.47 Å². The molecule has 1 aliphatic rings. The van der Waals surface area contributed by atoms with Gasteiger partial charge in [0.05, 0.1) is 22.6 Å². The maximum Gasteiger partial charge on any atom is 0.257 e. The number of fused-ring (bicyclic) bond motifs is 1. The van der Waals surface area contributed by atoms with E-state index in [2.05, 4.69) is 5.10 Å². The number of amides is 1. The summed E-state index contributed by atoms with van der Waals surface area (Å²) in [4.78, 5) is 15.3. The Kier molecular flexibility index (Phi) is 5.25. The van der Waals surface area contributed by atoms with Gasteiger partial charge in [-0.2, -0.15) is 5.10 Å². The summed E-state index contributed by atoms with van der Waals surface area (Å²) in [6.45, 7) is 7.91. The van der Waals surface area contributed by atoms with Crippen molar-refractivity contribution in [1.29, 1.82) is 0 Å². The largest absolute Gasteiger partial charge is 0.486 e. The maximum absolute atomic E-state index is 13.4. The Balaban J connectivity index is 1.65. The lowest BCUT2D eigenvalue weighted by Gasteiger charge is -2.25. The van der Waals surface area contributed by atoms with Gasteiger partial charge in [0.1, 0.15) is 13.2 Å². The number of hydrogen-bond donors (Lipinski definition) is 0. The second kappa shape index (κ2) is 7.99. The van der Waals surface area contributed by atoms with Gasteiger partial charge in [-0.1, -0.05) is 30.3 Å². The van der Waals surface area contributed by atoms with Crippen molar-refractivity contribution in [1.82, 2.24) is 14.7 Å². The number of para-hydroxylation sites is 2. The number of carbonyl (C=O) groups is 1. The van der Waals surface area contributed by atoms with Crippen LogP contribution < -0.4 is 9.47 Å². The normalized spacial score (nSPS) is 12.7. The number of benzene rings is 2. The molecule has 0 N–H and O–H groups in total. The van der Waals surface area contributed by atoms with Crippen LogP contribution in [-0.2, 0) is 6.54 Å². The van der Waals surface area contributed by atoms with Crippen LogP contribution in [0.2, 0.25) is 0 Å². The quantitative estimate of drug-likeness (QED) is 0.661. The highest BCUT2D eigenvalue weighted by Crippen LogP contribution is 2.34. The number of carbonyl (C=O) groups excluding carboxylic acids is 1. The Hall–Kier alpha value is -3.28. The van der Waals surface area contributed by atoms with E-state index < -0.39 is 0 Å². The zero-order valence-electron chi connectivity index (χ0n) is 17.0. The maximum atomic E-state index is 13.4. The van der Waals surface area contributed by atoms with E-state index in [1.165, 1.54) is 0 Å². The lowest BCUT2D eigenvalue weighted by atomic mass is 10.1. The topological polar surface area (TPSA) is 56.6 Å². The summed E-state index contributed by atoms with van der Waals surface area (Å²) in [5.41, 5.74) is 4.11. The molecule has 0 saturated heterocycles. The van der Waals surface area contributed by atoms with Crippen molar-refractivity contribution >= 4 is 5.91 Å². The van der Waals surface area contributed by atoms with E-state index in [1.807, 2.05) is 78.9 Å². The van der Waals surface area contributed by atoms with E-state index in [1.54, 1.807) is 0 Å². The van der Waals surface area contributed by atoms with Gasteiger partial charge in [0.25, 0.3) is 5.91 Å². The molecule has 4 rings (SSSR count). The Morgan fingerprint density at radius 3 is 2.59 bits per heavy atom. The summed E-state index contributed by atoms with van der Waals surface area (Å²) in [5, 5.41) is 4.62. The number of ether oxygens (including phenoxy) is 2. The molecule has 0 atom stereocenters. The molecule has 0 unspecified atom stereocenters. The predicted molar refractivity (Wildman–Crippen MR) is 111 cm³/mol. The van der Waals surface area contributed by atoms with E-state index in [9.17, 15) is 4.79 Å². The zero-order chi connectivity index (χ0) is 20.4. The number of aromatic nitrogens is 2. The van der Waals surface area contributed by atoms with Crippen molar-refractivity contribution in [2.24, 2.45) is 0 Å². The molecule has 150 valence electrons. The molecule has 0 saturated carbocycles. The lowest BCUT2D eigenvalue weighted by molar-refractivity contribution is 0.0747. The van der Waals surface area contributed by atoms with Crippen molar-refractivity contribution < 1.29 is 14.3 Å². The van der Waals surface area contributed by atoms with Gasteiger partial charge in [0.2, 0.25) is 0 Å². The van der Waals surface area contributed by atoms with E-state index >= 15 is 0 Å². The molecule has 0 bridgehead atoms. The Morgan fingerprint density at radius 2 is 1.83 bits per heavy atom. The Bertz CT molecular complexity index is 1030. The number of hydrogen-bond acceptors (Lipinski definition) is 4. The molecule has 6 heteroatoms. The highest BCUT2D eigenvalue weighted by Gasteiger charge is 2.25. The van der Waals surface area contributed by atoms with Crippen LogP contribution in [0.15, 0.2) is 48.5 Å². The average Bonchev–Trinajstić information content (AvgIpc) is 3.06. The monoisotopic (exact) mass is 391 g/mol. The van der Waals surface area contributed by atoms with Gasteiger partial charge in [0, 0.05) is 18.7 Å². The molecule has 2 aromatic carbocycles. The van der Waals surface area contributed by atoms with Crippen LogP contribution in [0.3, 0.4) is 0 Å². The summed E-state index contributed by atoms with van der Waals surface area (Å²) < 4.78 is 13.3. The number of rotatable bonds is 5. The third kappa shape index (κ3) is 3.58. The van der Waals surface area contributed by atoms with Crippen molar-refractivity contribution in [2.45, 2.75) is 27.3 Å². The number of aryl methyl sites for hydroxylation is 1. The first-order valence-corrected chi connectivity index (χ1v) is 9.88. The van der Waals surface area contributed by atoms with Gasteiger partial charge < -0.3 is 14.4 Å². The fourth-order valence-corrected chi connectivity index (χ4v) is 3.72. The minimum atomic E-state index is -0.0287. The molecule has 0 fully saturated rings. The van der Waals surface area contributed by atoms with Gasteiger partial charge in [-0.25, -0.2) is 4.68 Å². The van der Waals surface area contributed by atoms with Gasteiger partial charge in [-0.3, -0.25) is 4.79 Å². The molecule has 3 aromatic rings. The fourth-order valence-electron chi connectivity index (χ4n) is 3.72.